The summed E-state index contributed by atoms with van der Waals surface area (Å²) in [4.78, 5) is 38.4. The summed E-state index contributed by atoms with van der Waals surface area (Å²) in [6, 6.07) is 8.18. The minimum absolute atomic E-state index is 0.295. The SMILES string of the molecule is CC(C(=O)NCc1ccccc1)N1C(=O)NC2(CCNCC2)C1=O. The molecule has 2 aliphatic rings. The first-order valence-electron chi connectivity index (χ1n) is 8.22. The van der Waals surface area contributed by atoms with Crippen LogP contribution in [0.4, 0.5) is 4.79 Å². The van der Waals surface area contributed by atoms with Gasteiger partial charge in [-0.05, 0) is 38.4 Å². The summed E-state index contributed by atoms with van der Waals surface area (Å²) in [5.74, 6) is -0.635. The maximum absolute atomic E-state index is 12.7. The van der Waals surface area contributed by atoms with Crippen LogP contribution in [0, 0.1) is 0 Å². The van der Waals surface area contributed by atoms with E-state index in [0.717, 1.165) is 10.5 Å². The molecule has 0 aliphatic carbocycles. The van der Waals surface area contributed by atoms with Crippen LogP contribution in [0.1, 0.15) is 25.3 Å². The van der Waals surface area contributed by atoms with Gasteiger partial charge in [-0.2, -0.15) is 0 Å². The maximum atomic E-state index is 12.7. The van der Waals surface area contributed by atoms with Crippen molar-refractivity contribution in [2.45, 2.75) is 37.9 Å². The zero-order valence-corrected chi connectivity index (χ0v) is 13.7. The van der Waals surface area contributed by atoms with Crippen LogP contribution in [0.5, 0.6) is 0 Å². The van der Waals surface area contributed by atoms with Crippen molar-refractivity contribution in [3.05, 3.63) is 35.9 Å². The summed E-state index contributed by atoms with van der Waals surface area (Å²) in [7, 11) is 0. The Labute approximate surface area is 140 Å². The average Bonchev–Trinajstić information content (AvgIpc) is 2.83. The quantitative estimate of drug-likeness (QED) is 0.696. The molecule has 4 amide bonds. The number of carbonyl (C=O) groups is 3. The fourth-order valence-electron chi connectivity index (χ4n) is 3.24. The molecule has 2 saturated heterocycles. The second-order valence-corrected chi connectivity index (χ2v) is 6.32. The number of urea groups is 1. The highest BCUT2D eigenvalue weighted by molar-refractivity contribution is 6.09. The molecule has 3 rings (SSSR count). The number of hydrogen-bond acceptors (Lipinski definition) is 4. The lowest BCUT2D eigenvalue weighted by Gasteiger charge is -2.31. The zero-order valence-electron chi connectivity index (χ0n) is 13.7. The normalized spacial score (nSPS) is 20.8. The Bertz CT molecular complexity index is 640. The van der Waals surface area contributed by atoms with Crippen molar-refractivity contribution < 1.29 is 14.4 Å². The number of benzene rings is 1. The van der Waals surface area contributed by atoms with E-state index in [1.807, 2.05) is 30.3 Å². The highest BCUT2D eigenvalue weighted by atomic mass is 16.2. The Balaban J connectivity index is 1.65. The van der Waals surface area contributed by atoms with Crippen LogP contribution in [-0.2, 0) is 16.1 Å². The molecule has 24 heavy (non-hydrogen) atoms. The number of imide groups is 1. The highest BCUT2D eigenvalue weighted by Gasteiger charge is 2.53. The molecule has 2 heterocycles. The summed E-state index contributed by atoms with van der Waals surface area (Å²) in [6.45, 7) is 3.30. The minimum atomic E-state index is -0.851. The number of carbonyl (C=O) groups excluding carboxylic acids is 3. The molecule has 1 atom stereocenters. The van der Waals surface area contributed by atoms with Gasteiger partial charge in [0.15, 0.2) is 0 Å². The van der Waals surface area contributed by atoms with Crippen LogP contribution in [0.2, 0.25) is 0 Å². The van der Waals surface area contributed by atoms with Gasteiger partial charge in [-0.3, -0.25) is 9.59 Å². The first-order valence-corrected chi connectivity index (χ1v) is 8.22. The number of piperidine rings is 1. The molecule has 7 heteroatoms. The summed E-state index contributed by atoms with van der Waals surface area (Å²) >= 11 is 0. The van der Waals surface area contributed by atoms with Gasteiger partial charge in [0.1, 0.15) is 11.6 Å². The van der Waals surface area contributed by atoms with Crippen molar-refractivity contribution in [3.63, 3.8) is 0 Å². The van der Waals surface area contributed by atoms with E-state index < -0.39 is 17.6 Å². The van der Waals surface area contributed by atoms with Gasteiger partial charge in [0.05, 0.1) is 0 Å². The molecule has 0 bridgehead atoms. The molecule has 3 N–H and O–H groups in total. The lowest BCUT2D eigenvalue weighted by Crippen LogP contribution is -2.55. The van der Waals surface area contributed by atoms with Gasteiger partial charge in [-0.15, -0.1) is 0 Å². The second-order valence-electron chi connectivity index (χ2n) is 6.32. The third kappa shape index (κ3) is 2.99. The Kier molecular flexibility index (Phi) is 4.53. The van der Waals surface area contributed by atoms with Crippen LogP contribution in [0.15, 0.2) is 30.3 Å². The Morgan fingerprint density at radius 1 is 1.25 bits per heavy atom. The van der Waals surface area contributed by atoms with Gasteiger partial charge in [-0.1, -0.05) is 30.3 Å². The smallest absolute Gasteiger partial charge is 0.325 e. The lowest BCUT2D eigenvalue weighted by molar-refractivity contribution is -0.138. The van der Waals surface area contributed by atoms with Crippen molar-refractivity contribution in [1.29, 1.82) is 0 Å². The van der Waals surface area contributed by atoms with Gasteiger partial charge in [0.2, 0.25) is 5.91 Å². The molecule has 1 spiro atoms. The van der Waals surface area contributed by atoms with Gasteiger partial charge in [-0.25, -0.2) is 9.69 Å². The van der Waals surface area contributed by atoms with E-state index in [1.54, 1.807) is 6.92 Å². The summed E-state index contributed by atoms with van der Waals surface area (Å²) in [5.41, 5.74) is 0.112. The van der Waals surface area contributed by atoms with Gasteiger partial charge in [0.25, 0.3) is 5.91 Å². The monoisotopic (exact) mass is 330 g/mol. The molecular weight excluding hydrogens is 308 g/mol. The van der Waals surface area contributed by atoms with Gasteiger partial charge in [0, 0.05) is 6.54 Å². The maximum Gasteiger partial charge on any atom is 0.325 e. The molecule has 1 aromatic carbocycles. The third-order valence-corrected chi connectivity index (χ3v) is 4.73. The molecule has 2 fully saturated rings. The highest BCUT2D eigenvalue weighted by Crippen LogP contribution is 2.28. The summed E-state index contributed by atoms with van der Waals surface area (Å²) in [5, 5.41) is 8.75. The first-order chi connectivity index (χ1) is 11.5. The molecule has 0 aromatic heterocycles. The number of amides is 4. The van der Waals surface area contributed by atoms with Crippen molar-refractivity contribution in [3.8, 4) is 0 Å². The predicted octanol–water partition coefficient (Wildman–Crippen LogP) is 0.365. The third-order valence-electron chi connectivity index (χ3n) is 4.73. The number of nitrogens with one attached hydrogen (secondary N) is 3. The van der Waals surface area contributed by atoms with Crippen molar-refractivity contribution in [2.75, 3.05) is 13.1 Å². The van der Waals surface area contributed by atoms with Gasteiger partial charge < -0.3 is 16.0 Å². The van der Waals surface area contributed by atoms with Crippen LogP contribution in [-0.4, -0.2) is 47.4 Å². The fraction of sp³-hybridized carbons (Fsp3) is 0.471. The number of hydrogen-bond donors (Lipinski definition) is 3. The standard InChI is InChI=1S/C17H22N4O3/c1-12(14(22)19-11-13-5-3-2-4-6-13)21-15(23)17(20-16(21)24)7-9-18-10-8-17/h2-6,12,18H,7-11H2,1H3,(H,19,22)(H,20,24). The molecule has 1 aromatic rings. The summed E-state index contributed by atoms with van der Waals surface area (Å²) < 4.78 is 0. The molecule has 7 nitrogen and oxygen atoms in total. The Morgan fingerprint density at radius 3 is 2.58 bits per heavy atom. The zero-order chi connectivity index (χ0) is 17.2. The van der Waals surface area contributed by atoms with Crippen molar-refractivity contribution in [1.82, 2.24) is 20.9 Å². The summed E-state index contributed by atoms with van der Waals surface area (Å²) in [6.07, 6.45) is 1.10. The molecule has 0 saturated carbocycles. The van der Waals surface area contributed by atoms with Crippen LogP contribution < -0.4 is 16.0 Å². The Morgan fingerprint density at radius 2 is 1.92 bits per heavy atom. The minimum Gasteiger partial charge on any atom is -0.350 e. The van der Waals surface area contributed by atoms with Crippen molar-refractivity contribution >= 4 is 17.8 Å². The fourth-order valence-corrected chi connectivity index (χ4v) is 3.24. The molecule has 128 valence electrons. The van der Waals surface area contributed by atoms with E-state index in [-0.39, 0.29) is 11.8 Å². The number of nitrogens with zero attached hydrogens (tertiary/aromatic N) is 1. The van der Waals surface area contributed by atoms with E-state index in [2.05, 4.69) is 16.0 Å². The molecule has 0 radical (unpaired) electrons. The van der Waals surface area contributed by atoms with E-state index in [4.69, 9.17) is 0 Å². The second kappa shape index (κ2) is 6.60. The van der Waals surface area contributed by atoms with E-state index >= 15 is 0 Å². The van der Waals surface area contributed by atoms with Crippen LogP contribution in [0.3, 0.4) is 0 Å². The van der Waals surface area contributed by atoms with Crippen LogP contribution >= 0.6 is 0 Å². The van der Waals surface area contributed by atoms with Crippen LogP contribution in [0.25, 0.3) is 0 Å². The largest absolute Gasteiger partial charge is 0.350 e. The van der Waals surface area contributed by atoms with E-state index in [0.29, 0.717) is 32.5 Å². The predicted molar refractivity (Wildman–Crippen MR) is 88.0 cm³/mol. The first kappa shape index (κ1) is 16.4. The molecular formula is C17H22N4O3. The Hall–Kier alpha value is -2.41. The molecule has 2 aliphatic heterocycles. The topological polar surface area (TPSA) is 90.5 Å². The average molecular weight is 330 g/mol. The molecule has 1 unspecified atom stereocenters. The lowest BCUT2D eigenvalue weighted by atomic mass is 9.88. The van der Waals surface area contributed by atoms with Crippen molar-refractivity contribution in [2.24, 2.45) is 0 Å². The number of rotatable bonds is 4. The van der Waals surface area contributed by atoms with Gasteiger partial charge >= 0.3 is 6.03 Å². The van der Waals surface area contributed by atoms with E-state index in [1.165, 1.54) is 0 Å². The van der Waals surface area contributed by atoms with E-state index in [9.17, 15) is 14.4 Å².